The molecule has 0 fully saturated rings. The second-order valence-electron chi connectivity index (χ2n) is 4.13. The molecule has 92 valence electrons. The van der Waals surface area contributed by atoms with E-state index in [4.69, 9.17) is 10.00 Å². The third kappa shape index (κ3) is 2.92. The predicted molar refractivity (Wildman–Crippen MR) is 70.6 cm³/mol. The number of hydrogen-bond donors (Lipinski definition) is 1. The van der Waals surface area contributed by atoms with Crippen LogP contribution in [0.15, 0.2) is 36.4 Å². The molecule has 0 atom stereocenters. The highest BCUT2D eigenvalue weighted by atomic mass is 16.5. The first-order valence-electron chi connectivity index (χ1n) is 6.03. The number of nitrogens with zero attached hydrogens (tertiary/aromatic N) is 1. The summed E-state index contributed by atoms with van der Waals surface area (Å²) in [6.07, 6.45) is 2.19. The summed E-state index contributed by atoms with van der Waals surface area (Å²) < 4.78 is 5.53. The minimum absolute atomic E-state index is 0.161. The third-order valence-corrected chi connectivity index (χ3v) is 2.77. The molecule has 2 rings (SSSR count). The van der Waals surface area contributed by atoms with Gasteiger partial charge in [-0.05, 0) is 35.7 Å². The van der Waals surface area contributed by atoms with Crippen molar-refractivity contribution in [3.05, 3.63) is 36.4 Å². The summed E-state index contributed by atoms with van der Waals surface area (Å²) in [6.45, 7) is 0.521. The first-order chi connectivity index (χ1) is 8.81. The van der Waals surface area contributed by atoms with Crippen LogP contribution in [0.3, 0.4) is 0 Å². The Morgan fingerprint density at radius 1 is 1.11 bits per heavy atom. The number of phenols is 1. The van der Waals surface area contributed by atoms with Gasteiger partial charge in [0, 0.05) is 6.42 Å². The van der Waals surface area contributed by atoms with E-state index in [-0.39, 0.29) is 5.75 Å². The molecule has 0 aromatic heterocycles. The van der Waals surface area contributed by atoms with Crippen LogP contribution in [0.25, 0.3) is 10.8 Å². The average molecular weight is 241 g/mol. The number of benzene rings is 2. The van der Waals surface area contributed by atoms with Crippen LogP contribution in [0.5, 0.6) is 11.5 Å². The molecule has 0 radical (unpaired) electrons. The lowest BCUT2D eigenvalue weighted by atomic mass is 10.1. The first kappa shape index (κ1) is 12.3. The Morgan fingerprint density at radius 3 is 2.56 bits per heavy atom. The molecule has 0 saturated carbocycles. The summed E-state index contributed by atoms with van der Waals surface area (Å²) in [5, 5.41) is 20.3. The maximum atomic E-state index is 9.83. The smallest absolute Gasteiger partial charge is 0.161 e. The molecule has 0 saturated heterocycles. The number of fused-ring (bicyclic) bond motifs is 1. The van der Waals surface area contributed by atoms with Crippen molar-refractivity contribution >= 4 is 10.8 Å². The average Bonchev–Trinajstić information content (AvgIpc) is 2.39. The molecule has 0 unspecified atom stereocenters. The zero-order valence-electron chi connectivity index (χ0n) is 10.1. The lowest BCUT2D eigenvalue weighted by Gasteiger charge is -2.09. The molecule has 3 nitrogen and oxygen atoms in total. The summed E-state index contributed by atoms with van der Waals surface area (Å²) in [7, 11) is 0. The fourth-order valence-corrected chi connectivity index (χ4v) is 1.81. The van der Waals surface area contributed by atoms with E-state index in [2.05, 4.69) is 6.07 Å². The van der Waals surface area contributed by atoms with Crippen LogP contribution in [-0.2, 0) is 0 Å². The van der Waals surface area contributed by atoms with Gasteiger partial charge in [0.1, 0.15) is 0 Å². The molecule has 0 aliphatic carbocycles. The van der Waals surface area contributed by atoms with E-state index in [9.17, 15) is 5.11 Å². The Balaban J connectivity index is 2.04. The number of nitriles is 1. The first-order valence-corrected chi connectivity index (χ1v) is 6.03. The Labute approximate surface area is 106 Å². The standard InChI is InChI=1S/C15H15NO2/c16-8-4-1-5-9-18-15-11-13-7-3-2-6-12(13)10-14(15)17/h2-3,6-7,10-11,17H,1,4-5,9H2. The molecule has 0 aliphatic rings. The lowest BCUT2D eigenvalue weighted by molar-refractivity contribution is 0.292. The Hall–Kier alpha value is -2.21. The van der Waals surface area contributed by atoms with Crippen LogP contribution in [-0.4, -0.2) is 11.7 Å². The van der Waals surface area contributed by atoms with Crippen LogP contribution in [0.4, 0.5) is 0 Å². The van der Waals surface area contributed by atoms with Gasteiger partial charge in [0.05, 0.1) is 12.7 Å². The normalized spacial score (nSPS) is 10.2. The van der Waals surface area contributed by atoms with Gasteiger partial charge in [0.2, 0.25) is 0 Å². The van der Waals surface area contributed by atoms with Crippen molar-refractivity contribution < 1.29 is 9.84 Å². The van der Waals surface area contributed by atoms with E-state index >= 15 is 0 Å². The Kier molecular flexibility index (Phi) is 4.03. The van der Waals surface area contributed by atoms with Crippen molar-refractivity contribution in [3.63, 3.8) is 0 Å². The van der Waals surface area contributed by atoms with E-state index in [1.54, 1.807) is 6.07 Å². The van der Waals surface area contributed by atoms with Gasteiger partial charge in [0.15, 0.2) is 11.5 Å². The fourth-order valence-electron chi connectivity index (χ4n) is 1.81. The van der Waals surface area contributed by atoms with E-state index in [0.29, 0.717) is 18.8 Å². The molecule has 0 bridgehead atoms. The van der Waals surface area contributed by atoms with Crippen LogP contribution in [0.1, 0.15) is 19.3 Å². The van der Waals surface area contributed by atoms with Crippen LogP contribution in [0.2, 0.25) is 0 Å². The summed E-state index contributed by atoms with van der Waals surface area (Å²) in [4.78, 5) is 0. The molecule has 1 N–H and O–H groups in total. The van der Waals surface area contributed by atoms with Gasteiger partial charge in [-0.15, -0.1) is 0 Å². The number of hydrogen-bond acceptors (Lipinski definition) is 3. The van der Waals surface area contributed by atoms with Crippen molar-refractivity contribution in [1.29, 1.82) is 5.26 Å². The van der Waals surface area contributed by atoms with Gasteiger partial charge in [-0.1, -0.05) is 24.3 Å². The van der Waals surface area contributed by atoms with Gasteiger partial charge >= 0.3 is 0 Å². The van der Waals surface area contributed by atoms with Gasteiger partial charge in [-0.25, -0.2) is 0 Å². The molecule has 0 heterocycles. The van der Waals surface area contributed by atoms with E-state index < -0.39 is 0 Å². The topological polar surface area (TPSA) is 53.2 Å². The van der Waals surface area contributed by atoms with E-state index in [0.717, 1.165) is 23.6 Å². The lowest BCUT2D eigenvalue weighted by Crippen LogP contribution is -1.97. The van der Waals surface area contributed by atoms with Crippen molar-refractivity contribution in [3.8, 4) is 17.6 Å². The van der Waals surface area contributed by atoms with E-state index in [1.807, 2.05) is 30.3 Å². The Bertz CT molecular complexity index is 572. The summed E-state index contributed by atoms with van der Waals surface area (Å²) in [6, 6.07) is 13.5. The number of phenolic OH excluding ortho intramolecular Hbond substituents is 1. The van der Waals surface area contributed by atoms with Crippen molar-refractivity contribution in [2.24, 2.45) is 0 Å². The number of aromatic hydroxyl groups is 1. The minimum atomic E-state index is 0.161. The monoisotopic (exact) mass is 241 g/mol. The van der Waals surface area contributed by atoms with Crippen molar-refractivity contribution in [2.45, 2.75) is 19.3 Å². The molecular formula is C15H15NO2. The predicted octanol–water partition coefficient (Wildman–Crippen LogP) is 3.62. The summed E-state index contributed by atoms with van der Waals surface area (Å²) in [5.74, 6) is 0.666. The van der Waals surface area contributed by atoms with Gasteiger partial charge in [-0.2, -0.15) is 5.26 Å². The highest BCUT2D eigenvalue weighted by Gasteiger charge is 2.04. The van der Waals surface area contributed by atoms with Crippen LogP contribution < -0.4 is 4.74 Å². The molecule has 2 aromatic carbocycles. The SMILES string of the molecule is N#CCCCCOc1cc2ccccc2cc1O. The molecule has 18 heavy (non-hydrogen) atoms. The molecule has 2 aromatic rings. The van der Waals surface area contributed by atoms with Gasteiger partial charge in [0.25, 0.3) is 0 Å². The number of ether oxygens (including phenoxy) is 1. The fraction of sp³-hybridized carbons (Fsp3) is 0.267. The second-order valence-corrected chi connectivity index (χ2v) is 4.13. The maximum absolute atomic E-state index is 9.83. The highest BCUT2D eigenvalue weighted by molar-refractivity contribution is 5.85. The third-order valence-electron chi connectivity index (χ3n) is 2.77. The van der Waals surface area contributed by atoms with Crippen molar-refractivity contribution in [1.82, 2.24) is 0 Å². The van der Waals surface area contributed by atoms with Crippen LogP contribution >= 0.6 is 0 Å². The minimum Gasteiger partial charge on any atom is -0.504 e. The largest absolute Gasteiger partial charge is 0.504 e. The quantitative estimate of drug-likeness (QED) is 0.813. The zero-order chi connectivity index (χ0) is 12.8. The molecule has 0 aliphatic heterocycles. The maximum Gasteiger partial charge on any atom is 0.161 e. The molecule has 3 heteroatoms. The number of unbranched alkanes of at least 4 members (excludes halogenated alkanes) is 2. The second kappa shape index (κ2) is 5.92. The van der Waals surface area contributed by atoms with Crippen molar-refractivity contribution in [2.75, 3.05) is 6.61 Å². The molecule has 0 amide bonds. The number of rotatable bonds is 5. The summed E-state index contributed by atoms with van der Waals surface area (Å²) in [5.41, 5.74) is 0. The highest BCUT2D eigenvalue weighted by Crippen LogP contribution is 2.31. The Morgan fingerprint density at radius 2 is 1.83 bits per heavy atom. The zero-order valence-corrected chi connectivity index (χ0v) is 10.1. The molecular weight excluding hydrogens is 226 g/mol. The molecule has 0 spiro atoms. The van der Waals surface area contributed by atoms with Gasteiger partial charge < -0.3 is 9.84 Å². The summed E-state index contributed by atoms with van der Waals surface area (Å²) >= 11 is 0. The van der Waals surface area contributed by atoms with Crippen LogP contribution in [0, 0.1) is 11.3 Å². The van der Waals surface area contributed by atoms with E-state index in [1.165, 1.54) is 0 Å². The van der Waals surface area contributed by atoms with Gasteiger partial charge in [-0.3, -0.25) is 0 Å².